The summed E-state index contributed by atoms with van der Waals surface area (Å²) in [4.78, 5) is 19.0. The molecule has 0 bridgehead atoms. The van der Waals surface area contributed by atoms with Crippen molar-refractivity contribution < 1.29 is 0 Å². The fraction of sp³-hybridized carbons (Fsp3) is 0. The predicted molar refractivity (Wildman–Crippen MR) is 137 cm³/mol. The average Bonchev–Trinajstić information content (AvgIpc) is 2.93. The van der Waals surface area contributed by atoms with Crippen LogP contribution in [-0.2, 0) is 0 Å². The zero-order valence-electron chi connectivity index (χ0n) is 18.3. The average molecular weight is 437 g/mol. The third-order valence-electron chi connectivity index (χ3n) is 5.88. The van der Waals surface area contributed by atoms with Crippen molar-refractivity contribution >= 4 is 11.0 Å². The lowest BCUT2D eigenvalue weighted by Gasteiger charge is -2.16. The van der Waals surface area contributed by atoms with E-state index in [0.29, 0.717) is 0 Å². The number of pyridine rings is 2. The summed E-state index contributed by atoms with van der Waals surface area (Å²) in [6.45, 7) is 0. The molecular weight excluding hydrogens is 416 g/mol. The number of aromatic nitrogens is 4. The maximum Gasteiger partial charge on any atom is 0.0979 e. The zero-order chi connectivity index (χ0) is 22.7. The van der Waals surface area contributed by atoms with Crippen molar-refractivity contribution in [3.05, 3.63) is 122 Å². The van der Waals surface area contributed by atoms with Crippen molar-refractivity contribution in [2.75, 3.05) is 0 Å². The van der Waals surface area contributed by atoms with Crippen LogP contribution in [0.25, 0.3) is 55.8 Å². The molecule has 0 unspecified atom stereocenters. The summed E-state index contributed by atoms with van der Waals surface area (Å²) in [7, 11) is 0. The van der Waals surface area contributed by atoms with Gasteiger partial charge in [0.25, 0.3) is 0 Å². The Morgan fingerprint density at radius 3 is 1.21 bits per heavy atom. The number of rotatable bonds is 4. The first kappa shape index (κ1) is 19.9. The smallest absolute Gasteiger partial charge is 0.0979 e. The zero-order valence-corrected chi connectivity index (χ0v) is 18.3. The molecule has 0 N–H and O–H groups in total. The first-order valence-electron chi connectivity index (χ1n) is 11.1. The van der Waals surface area contributed by atoms with Crippen LogP contribution in [0.4, 0.5) is 0 Å². The second-order valence-corrected chi connectivity index (χ2v) is 7.98. The van der Waals surface area contributed by atoms with Gasteiger partial charge in [-0.3, -0.25) is 9.97 Å². The minimum Gasteiger partial charge on any atom is -0.264 e. The van der Waals surface area contributed by atoms with Crippen molar-refractivity contribution in [2.45, 2.75) is 0 Å². The van der Waals surface area contributed by atoms with Gasteiger partial charge in [-0.25, -0.2) is 9.97 Å². The molecule has 3 aromatic carbocycles. The molecule has 0 radical (unpaired) electrons. The van der Waals surface area contributed by atoms with Crippen molar-refractivity contribution in [3.8, 4) is 44.8 Å². The van der Waals surface area contributed by atoms with E-state index in [1.807, 2.05) is 73.1 Å². The molecule has 4 heteroatoms. The third kappa shape index (κ3) is 3.61. The van der Waals surface area contributed by atoms with Gasteiger partial charge < -0.3 is 0 Å². The topological polar surface area (TPSA) is 51.6 Å². The molecule has 4 nitrogen and oxygen atoms in total. The van der Waals surface area contributed by atoms with Crippen molar-refractivity contribution in [2.24, 2.45) is 0 Å². The second kappa shape index (κ2) is 8.68. The van der Waals surface area contributed by atoms with E-state index in [9.17, 15) is 0 Å². The molecule has 3 aromatic heterocycles. The van der Waals surface area contributed by atoms with Crippen LogP contribution in [0.3, 0.4) is 0 Å². The first-order valence-corrected chi connectivity index (χ1v) is 11.1. The SMILES string of the molecule is c1cncc(-c2ccccc2-c2nc3ccccc3nc2-c2ccccc2-c2cccnc2)c1. The lowest BCUT2D eigenvalue weighted by molar-refractivity contribution is 1.28. The van der Waals surface area contributed by atoms with Crippen molar-refractivity contribution in [3.63, 3.8) is 0 Å². The van der Waals surface area contributed by atoms with Gasteiger partial charge in [0.1, 0.15) is 0 Å². The van der Waals surface area contributed by atoms with Crippen LogP contribution >= 0.6 is 0 Å². The van der Waals surface area contributed by atoms with Gasteiger partial charge in [0, 0.05) is 47.0 Å². The highest BCUT2D eigenvalue weighted by Crippen LogP contribution is 2.40. The number of nitrogens with zero attached hydrogens (tertiary/aromatic N) is 4. The van der Waals surface area contributed by atoms with E-state index >= 15 is 0 Å². The molecule has 0 atom stereocenters. The molecular formula is C30H20N4. The summed E-state index contributed by atoms with van der Waals surface area (Å²) in [6, 6.07) is 32.7. The Balaban J connectivity index is 1.67. The fourth-order valence-electron chi connectivity index (χ4n) is 4.30. The highest BCUT2D eigenvalue weighted by atomic mass is 14.8. The van der Waals surface area contributed by atoms with Gasteiger partial charge in [0.2, 0.25) is 0 Å². The molecule has 0 fully saturated rings. The predicted octanol–water partition coefficient (Wildman–Crippen LogP) is 7.09. The van der Waals surface area contributed by atoms with Crippen LogP contribution in [0.5, 0.6) is 0 Å². The maximum atomic E-state index is 5.14. The number of fused-ring (bicyclic) bond motifs is 1. The monoisotopic (exact) mass is 436 g/mol. The Morgan fingerprint density at radius 1 is 0.382 bits per heavy atom. The molecule has 3 heterocycles. The number of benzene rings is 3. The fourth-order valence-corrected chi connectivity index (χ4v) is 4.30. The second-order valence-electron chi connectivity index (χ2n) is 7.98. The lowest BCUT2D eigenvalue weighted by Crippen LogP contribution is -1.98. The molecule has 0 aliphatic rings. The summed E-state index contributed by atoms with van der Waals surface area (Å²) in [6.07, 6.45) is 7.35. The molecule has 0 saturated carbocycles. The van der Waals surface area contributed by atoms with Crippen LogP contribution in [0.15, 0.2) is 122 Å². The largest absolute Gasteiger partial charge is 0.264 e. The summed E-state index contributed by atoms with van der Waals surface area (Å²) >= 11 is 0. The summed E-state index contributed by atoms with van der Waals surface area (Å²) in [5.41, 5.74) is 9.67. The lowest BCUT2D eigenvalue weighted by atomic mass is 9.92. The minimum atomic E-state index is 0.842. The van der Waals surface area contributed by atoms with Crippen molar-refractivity contribution in [1.29, 1.82) is 0 Å². The van der Waals surface area contributed by atoms with Crippen LogP contribution in [0.1, 0.15) is 0 Å². The number of hydrogen-bond donors (Lipinski definition) is 0. The van der Waals surface area contributed by atoms with Gasteiger partial charge in [-0.15, -0.1) is 0 Å². The van der Waals surface area contributed by atoms with Gasteiger partial charge in [-0.1, -0.05) is 72.8 Å². The van der Waals surface area contributed by atoms with Gasteiger partial charge >= 0.3 is 0 Å². The maximum absolute atomic E-state index is 5.14. The molecule has 160 valence electrons. The summed E-state index contributed by atoms with van der Waals surface area (Å²) in [5.74, 6) is 0. The van der Waals surface area contributed by atoms with E-state index in [4.69, 9.17) is 9.97 Å². The normalized spacial score (nSPS) is 10.9. The van der Waals surface area contributed by atoms with E-state index in [1.165, 1.54) is 0 Å². The van der Waals surface area contributed by atoms with Crippen molar-refractivity contribution in [1.82, 2.24) is 19.9 Å². The van der Waals surface area contributed by atoms with Gasteiger partial charge in [-0.2, -0.15) is 0 Å². The van der Waals surface area contributed by atoms with E-state index in [1.54, 1.807) is 12.4 Å². The van der Waals surface area contributed by atoms with Crippen LogP contribution in [-0.4, -0.2) is 19.9 Å². The number of hydrogen-bond acceptors (Lipinski definition) is 4. The van der Waals surface area contributed by atoms with Gasteiger partial charge in [-0.05, 0) is 35.4 Å². The highest BCUT2D eigenvalue weighted by Gasteiger charge is 2.19. The molecule has 0 aliphatic carbocycles. The molecule has 0 spiro atoms. The Kier molecular flexibility index (Phi) is 5.09. The molecule has 0 saturated heterocycles. The third-order valence-corrected chi connectivity index (χ3v) is 5.88. The molecule has 6 rings (SSSR count). The quantitative estimate of drug-likeness (QED) is 0.296. The molecule has 34 heavy (non-hydrogen) atoms. The Labute approximate surface area is 197 Å². The minimum absolute atomic E-state index is 0.842. The Morgan fingerprint density at radius 2 is 0.794 bits per heavy atom. The Bertz CT molecular complexity index is 1470. The Hall–Kier alpha value is -4.70. The van der Waals surface area contributed by atoms with Gasteiger partial charge in [0.05, 0.1) is 22.4 Å². The summed E-state index contributed by atoms with van der Waals surface area (Å²) < 4.78 is 0. The summed E-state index contributed by atoms with van der Waals surface area (Å²) in [5, 5.41) is 0. The van der Waals surface area contributed by atoms with E-state index in [0.717, 1.165) is 55.8 Å². The van der Waals surface area contributed by atoms with E-state index in [2.05, 4.69) is 46.4 Å². The van der Waals surface area contributed by atoms with Crippen LogP contribution in [0.2, 0.25) is 0 Å². The van der Waals surface area contributed by atoms with Crippen LogP contribution < -0.4 is 0 Å². The molecule has 6 aromatic rings. The first-order chi connectivity index (χ1) is 16.9. The van der Waals surface area contributed by atoms with Gasteiger partial charge in [0.15, 0.2) is 0 Å². The van der Waals surface area contributed by atoms with E-state index in [-0.39, 0.29) is 0 Å². The van der Waals surface area contributed by atoms with E-state index < -0.39 is 0 Å². The standard InChI is InChI=1S/C30H20N4/c1-3-13-25(23(11-1)21-9-7-17-31-19-21)29-30(34-28-16-6-5-15-27(28)33-29)26-14-4-2-12-24(26)22-10-8-18-32-20-22/h1-20H. The molecule has 0 aliphatic heterocycles. The molecule has 0 amide bonds. The highest BCUT2D eigenvalue weighted by molar-refractivity contribution is 5.95. The van der Waals surface area contributed by atoms with Crippen LogP contribution in [0, 0.1) is 0 Å². The number of para-hydroxylation sites is 2.